The largest absolute Gasteiger partial charge is 0.485 e. The highest BCUT2D eigenvalue weighted by atomic mass is 32.2. The summed E-state index contributed by atoms with van der Waals surface area (Å²) in [5.74, 6) is 0.966. The van der Waals surface area contributed by atoms with E-state index in [1.807, 2.05) is 0 Å². The molecule has 2 fully saturated rings. The van der Waals surface area contributed by atoms with Gasteiger partial charge in [-0.3, -0.25) is 9.69 Å². The van der Waals surface area contributed by atoms with E-state index >= 15 is 0 Å². The highest BCUT2D eigenvalue weighted by molar-refractivity contribution is 8.00. The average Bonchev–Trinajstić information content (AvgIpc) is 3.40. The third-order valence-electron chi connectivity index (χ3n) is 5.80. The van der Waals surface area contributed by atoms with Gasteiger partial charge in [0.2, 0.25) is 5.91 Å². The van der Waals surface area contributed by atoms with Gasteiger partial charge < -0.3 is 14.7 Å². The number of fused-ring (bicyclic) bond motifs is 1. The zero-order valence-corrected chi connectivity index (χ0v) is 17.2. The van der Waals surface area contributed by atoms with E-state index in [-0.39, 0.29) is 29.1 Å². The van der Waals surface area contributed by atoms with Crippen LogP contribution in [0.15, 0.2) is 23.1 Å². The lowest BCUT2D eigenvalue weighted by Gasteiger charge is -2.48. The number of ether oxygens (including phenoxy) is 1. The maximum Gasteiger partial charge on any atom is 0.446 e. The molecule has 2 atom stereocenters. The number of carbonyl (C=O) groups excluding carboxylic acids is 1. The molecule has 2 unspecified atom stereocenters. The van der Waals surface area contributed by atoms with Crippen molar-refractivity contribution in [3.63, 3.8) is 0 Å². The fourth-order valence-corrected chi connectivity index (χ4v) is 4.72. The van der Waals surface area contributed by atoms with Crippen molar-refractivity contribution < 1.29 is 27.8 Å². The van der Waals surface area contributed by atoms with Gasteiger partial charge in [0.05, 0.1) is 12.6 Å². The first-order chi connectivity index (χ1) is 13.5. The molecule has 1 aromatic rings. The van der Waals surface area contributed by atoms with E-state index in [0.717, 1.165) is 6.54 Å². The molecule has 0 radical (unpaired) electrons. The van der Waals surface area contributed by atoms with Crippen molar-refractivity contribution in [2.75, 3.05) is 26.2 Å². The molecule has 1 aliphatic carbocycles. The number of halogens is 3. The highest BCUT2D eigenvalue weighted by Gasteiger charge is 2.48. The van der Waals surface area contributed by atoms with Gasteiger partial charge in [-0.1, -0.05) is 0 Å². The van der Waals surface area contributed by atoms with E-state index in [2.05, 4.69) is 4.90 Å². The van der Waals surface area contributed by atoms with Crippen molar-refractivity contribution in [3.05, 3.63) is 23.8 Å². The summed E-state index contributed by atoms with van der Waals surface area (Å²) in [4.78, 5) is 16.7. The zero-order chi connectivity index (χ0) is 21.0. The van der Waals surface area contributed by atoms with Gasteiger partial charge in [0, 0.05) is 30.1 Å². The van der Waals surface area contributed by atoms with Gasteiger partial charge in [-0.25, -0.2) is 0 Å². The molecule has 0 bridgehead atoms. The van der Waals surface area contributed by atoms with Crippen LogP contribution < -0.4 is 4.74 Å². The molecule has 0 spiro atoms. The molecule has 160 valence electrons. The first kappa shape index (κ1) is 20.8. The molecule has 2 aliphatic heterocycles. The molecular weight excluding hydrogens is 405 g/mol. The summed E-state index contributed by atoms with van der Waals surface area (Å²) in [6.07, 6.45) is 1.35. The summed E-state index contributed by atoms with van der Waals surface area (Å²) in [7, 11) is 0. The van der Waals surface area contributed by atoms with Gasteiger partial charge in [-0.15, -0.1) is 0 Å². The van der Waals surface area contributed by atoms with Crippen molar-refractivity contribution in [2.45, 2.75) is 54.8 Å². The van der Waals surface area contributed by atoms with Crippen LogP contribution in [-0.2, 0) is 4.79 Å². The van der Waals surface area contributed by atoms with Crippen LogP contribution in [0.5, 0.6) is 5.75 Å². The second-order valence-electron chi connectivity index (χ2n) is 8.61. The Morgan fingerprint density at radius 2 is 2.00 bits per heavy atom. The van der Waals surface area contributed by atoms with Crippen molar-refractivity contribution in [3.8, 4) is 5.75 Å². The van der Waals surface area contributed by atoms with E-state index in [4.69, 9.17) is 4.74 Å². The molecule has 2 heterocycles. The van der Waals surface area contributed by atoms with Gasteiger partial charge in [0.1, 0.15) is 17.5 Å². The number of hydrogen-bond donors (Lipinski definition) is 1. The van der Waals surface area contributed by atoms with Crippen LogP contribution in [0, 0.1) is 5.92 Å². The SMILES string of the molecule is CC1(C)Oc2ccc(SC(F)(F)F)cc2C(N2CCN(CC3CC3)CC2=O)C1O. The van der Waals surface area contributed by atoms with E-state index in [9.17, 15) is 23.1 Å². The van der Waals surface area contributed by atoms with Crippen LogP contribution in [0.2, 0.25) is 0 Å². The van der Waals surface area contributed by atoms with Crippen molar-refractivity contribution >= 4 is 17.7 Å². The van der Waals surface area contributed by atoms with Crippen LogP contribution in [0.25, 0.3) is 0 Å². The fraction of sp³-hybridized carbons (Fsp3) is 0.650. The lowest BCUT2D eigenvalue weighted by molar-refractivity contribution is -0.150. The molecule has 1 amide bonds. The van der Waals surface area contributed by atoms with Crippen molar-refractivity contribution in [1.82, 2.24) is 9.80 Å². The van der Waals surface area contributed by atoms with Gasteiger partial charge in [-0.2, -0.15) is 13.2 Å². The third-order valence-corrected chi connectivity index (χ3v) is 6.52. The standard InChI is InChI=1S/C20H25F3N2O3S/c1-19(2)18(27)17(25-8-7-24(11-16(25)26)10-12-3-4-12)14-9-13(29-20(21,22)23)5-6-15(14)28-19/h5-6,9,12,17-18,27H,3-4,7-8,10-11H2,1-2H3. The zero-order valence-electron chi connectivity index (χ0n) is 16.4. The first-order valence-electron chi connectivity index (χ1n) is 9.82. The molecular formula is C20H25F3N2O3S. The molecule has 1 N–H and O–H groups in total. The minimum Gasteiger partial charge on any atom is -0.485 e. The summed E-state index contributed by atoms with van der Waals surface area (Å²) in [5.41, 5.74) is -4.96. The quantitative estimate of drug-likeness (QED) is 0.742. The first-order valence-corrected chi connectivity index (χ1v) is 10.6. The van der Waals surface area contributed by atoms with E-state index in [0.29, 0.717) is 30.3 Å². The molecule has 29 heavy (non-hydrogen) atoms. The summed E-state index contributed by atoms with van der Waals surface area (Å²) in [6, 6.07) is 3.51. The normalized spacial score (nSPS) is 27.5. The van der Waals surface area contributed by atoms with Gasteiger partial charge in [-0.05, 0) is 62.6 Å². The Bertz CT molecular complexity index is 798. The van der Waals surface area contributed by atoms with Crippen molar-refractivity contribution in [2.24, 2.45) is 5.92 Å². The van der Waals surface area contributed by atoms with Crippen molar-refractivity contribution in [1.29, 1.82) is 0 Å². The van der Waals surface area contributed by atoms with E-state index in [1.54, 1.807) is 18.7 Å². The van der Waals surface area contributed by atoms with E-state index in [1.165, 1.54) is 31.0 Å². The summed E-state index contributed by atoms with van der Waals surface area (Å²) >= 11 is -0.211. The Labute approximate surface area is 172 Å². The number of amides is 1. The van der Waals surface area contributed by atoms with Crippen LogP contribution in [-0.4, -0.2) is 64.2 Å². The molecule has 1 saturated heterocycles. The predicted molar refractivity (Wildman–Crippen MR) is 103 cm³/mol. The minimum absolute atomic E-state index is 0.0107. The Hall–Kier alpha value is -1.45. The number of piperazine rings is 1. The number of rotatable bonds is 4. The molecule has 1 saturated carbocycles. The molecule has 9 heteroatoms. The number of aliphatic hydroxyl groups excluding tert-OH is 1. The van der Waals surface area contributed by atoms with Gasteiger partial charge in [0.15, 0.2) is 0 Å². The lowest BCUT2D eigenvalue weighted by atomic mass is 9.85. The smallest absolute Gasteiger partial charge is 0.446 e. The monoisotopic (exact) mass is 430 g/mol. The average molecular weight is 430 g/mol. The van der Waals surface area contributed by atoms with Crippen LogP contribution in [0.4, 0.5) is 13.2 Å². The highest BCUT2D eigenvalue weighted by Crippen LogP contribution is 2.46. The number of thioether (sulfide) groups is 1. The predicted octanol–water partition coefficient (Wildman–Crippen LogP) is 3.43. The maximum atomic E-state index is 12.9. The number of alkyl halides is 3. The second-order valence-corrected chi connectivity index (χ2v) is 9.75. The summed E-state index contributed by atoms with van der Waals surface area (Å²) in [6.45, 7) is 5.75. The number of nitrogens with zero attached hydrogens (tertiary/aromatic N) is 2. The Morgan fingerprint density at radius 3 is 2.62 bits per heavy atom. The number of hydrogen-bond acceptors (Lipinski definition) is 5. The maximum absolute atomic E-state index is 12.9. The summed E-state index contributed by atoms with van der Waals surface area (Å²) < 4.78 is 44.4. The fourth-order valence-electron chi connectivity index (χ4n) is 4.13. The molecule has 5 nitrogen and oxygen atoms in total. The molecule has 3 aliphatic rings. The van der Waals surface area contributed by atoms with Crippen LogP contribution >= 0.6 is 11.8 Å². The Kier molecular flexibility index (Phi) is 5.28. The van der Waals surface area contributed by atoms with Gasteiger partial charge >= 0.3 is 5.51 Å². The Morgan fingerprint density at radius 1 is 1.28 bits per heavy atom. The molecule has 0 aromatic heterocycles. The van der Waals surface area contributed by atoms with Crippen LogP contribution in [0.3, 0.4) is 0 Å². The van der Waals surface area contributed by atoms with Gasteiger partial charge in [0.25, 0.3) is 0 Å². The minimum atomic E-state index is -4.42. The second kappa shape index (κ2) is 7.35. The van der Waals surface area contributed by atoms with Crippen LogP contribution in [0.1, 0.15) is 38.3 Å². The third kappa shape index (κ3) is 4.51. The Balaban J connectivity index is 1.63. The number of benzene rings is 1. The number of aliphatic hydroxyl groups is 1. The topological polar surface area (TPSA) is 53.0 Å². The lowest BCUT2D eigenvalue weighted by Crippen LogP contribution is -2.59. The molecule has 1 aromatic carbocycles. The molecule has 4 rings (SSSR count). The number of carbonyl (C=O) groups is 1. The van der Waals surface area contributed by atoms with E-state index < -0.39 is 23.3 Å². The summed E-state index contributed by atoms with van der Waals surface area (Å²) in [5, 5.41) is 11.0.